The van der Waals surface area contributed by atoms with Crippen LogP contribution in [0.4, 0.5) is 0 Å². The molecule has 0 amide bonds. The van der Waals surface area contributed by atoms with Crippen molar-refractivity contribution in [3.63, 3.8) is 0 Å². The van der Waals surface area contributed by atoms with Gasteiger partial charge < -0.3 is 15.9 Å². The van der Waals surface area contributed by atoms with Gasteiger partial charge in [0.25, 0.3) is 5.56 Å². The van der Waals surface area contributed by atoms with Gasteiger partial charge in [-0.05, 0) is 25.0 Å². The third-order valence-electron chi connectivity index (χ3n) is 4.61. The molecule has 1 saturated heterocycles. The van der Waals surface area contributed by atoms with Gasteiger partial charge in [0.1, 0.15) is 11.9 Å². The third kappa shape index (κ3) is 3.01. The zero-order valence-corrected chi connectivity index (χ0v) is 14.2. The van der Waals surface area contributed by atoms with Crippen LogP contribution >= 0.6 is 0 Å². The highest BCUT2D eigenvalue weighted by atomic mass is 16.4. The highest BCUT2D eigenvalue weighted by Gasteiger charge is 2.54. The molecule has 1 aliphatic heterocycles. The molecule has 9 nitrogen and oxygen atoms in total. The van der Waals surface area contributed by atoms with E-state index < -0.39 is 30.1 Å². The molecule has 0 spiro atoms. The van der Waals surface area contributed by atoms with Gasteiger partial charge in [-0.15, -0.1) is 0 Å². The maximum absolute atomic E-state index is 12.9. The number of hydrogen-bond acceptors (Lipinski definition) is 6. The number of carboxylic acids is 2. The molecule has 0 bridgehead atoms. The van der Waals surface area contributed by atoms with Crippen LogP contribution in [-0.2, 0) is 16.0 Å². The zero-order chi connectivity index (χ0) is 19.0. The van der Waals surface area contributed by atoms with E-state index in [1.54, 1.807) is 24.3 Å². The number of nitrogens with two attached hydrogens (primary N) is 1. The Labute approximate surface area is 148 Å². The van der Waals surface area contributed by atoms with Crippen LogP contribution < -0.4 is 16.3 Å². The smallest absolute Gasteiger partial charge is 0.330 e. The van der Waals surface area contributed by atoms with Gasteiger partial charge in [0.15, 0.2) is 6.04 Å². The van der Waals surface area contributed by atoms with Crippen LogP contribution in [0.2, 0.25) is 0 Å². The monoisotopic (exact) mass is 360 g/mol. The van der Waals surface area contributed by atoms with Gasteiger partial charge in [-0.3, -0.25) is 14.6 Å². The standard InChI is InChI=1S/C17H20N4O5/c1-2-13-19-11-6-4-3-5-9(11)15(22)21(13)20-12(14(20)17(25)26)8-7-10(18)16(23)24/h3-6,10,12,14H,2,7-8,18H2,1H3,(H,23,24)(H,25,26)/t10-,12?,14?,20?/m0/s1. The van der Waals surface area contributed by atoms with Crippen LogP contribution in [0, 0.1) is 0 Å². The van der Waals surface area contributed by atoms with Gasteiger partial charge in [-0.2, -0.15) is 0 Å². The number of aliphatic carboxylic acids is 2. The van der Waals surface area contributed by atoms with Crippen molar-refractivity contribution in [2.45, 2.75) is 44.3 Å². The number of fused-ring (bicyclic) bond motifs is 1. The molecule has 26 heavy (non-hydrogen) atoms. The lowest BCUT2D eigenvalue weighted by atomic mass is 10.1. The summed E-state index contributed by atoms with van der Waals surface area (Å²) in [7, 11) is 0. The average Bonchev–Trinajstić information content (AvgIpc) is 3.33. The number of rotatable bonds is 7. The Bertz CT molecular complexity index is 925. The Balaban J connectivity index is 1.98. The second-order valence-corrected chi connectivity index (χ2v) is 6.27. The zero-order valence-electron chi connectivity index (χ0n) is 14.2. The second kappa shape index (κ2) is 6.75. The Kier molecular flexibility index (Phi) is 4.64. The van der Waals surface area contributed by atoms with Crippen molar-refractivity contribution in [3.8, 4) is 0 Å². The summed E-state index contributed by atoms with van der Waals surface area (Å²) in [4.78, 5) is 39.9. The fourth-order valence-electron chi connectivity index (χ4n) is 3.22. The summed E-state index contributed by atoms with van der Waals surface area (Å²) in [6, 6.07) is 4.43. The number of hydrogen-bond donors (Lipinski definition) is 3. The minimum Gasteiger partial charge on any atom is -0.480 e. The lowest BCUT2D eigenvalue weighted by Gasteiger charge is -2.15. The first kappa shape index (κ1) is 17.9. The quantitative estimate of drug-likeness (QED) is 0.583. The minimum absolute atomic E-state index is 0.123. The van der Waals surface area contributed by atoms with Crippen LogP contribution in [0.3, 0.4) is 0 Å². The fraction of sp³-hybridized carbons (Fsp3) is 0.412. The first-order valence-electron chi connectivity index (χ1n) is 8.37. The largest absolute Gasteiger partial charge is 0.480 e. The fourth-order valence-corrected chi connectivity index (χ4v) is 3.22. The molecule has 0 aliphatic carbocycles. The lowest BCUT2D eigenvalue weighted by molar-refractivity contribution is -0.138. The topological polar surface area (TPSA) is 139 Å². The van der Waals surface area contributed by atoms with E-state index >= 15 is 0 Å². The van der Waals surface area contributed by atoms with Crippen LogP contribution in [-0.4, -0.2) is 49.9 Å². The van der Waals surface area contributed by atoms with Crippen molar-refractivity contribution in [1.29, 1.82) is 0 Å². The SMILES string of the molecule is CCc1nc2ccccc2c(=O)n1N1C(CC[C@H](N)C(=O)O)C1C(=O)O. The first-order chi connectivity index (χ1) is 12.4. The van der Waals surface area contributed by atoms with Crippen LogP contribution in [0.1, 0.15) is 25.6 Å². The van der Waals surface area contributed by atoms with Gasteiger partial charge >= 0.3 is 11.9 Å². The van der Waals surface area contributed by atoms with Gasteiger partial charge in [-0.1, -0.05) is 19.1 Å². The average molecular weight is 360 g/mol. The number of aromatic nitrogens is 2. The normalized spacial score (nSPS) is 20.2. The van der Waals surface area contributed by atoms with Crippen molar-refractivity contribution < 1.29 is 19.8 Å². The Morgan fingerprint density at radius 1 is 1.31 bits per heavy atom. The summed E-state index contributed by atoms with van der Waals surface area (Å²) >= 11 is 0. The van der Waals surface area contributed by atoms with E-state index in [9.17, 15) is 19.5 Å². The van der Waals surface area contributed by atoms with Crippen LogP contribution in [0.5, 0.6) is 0 Å². The molecule has 9 heteroatoms. The van der Waals surface area contributed by atoms with E-state index in [2.05, 4.69) is 4.98 Å². The number of aryl methyl sites for hydroxylation is 1. The molecule has 1 aromatic heterocycles. The van der Waals surface area contributed by atoms with Crippen molar-refractivity contribution in [2.24, 2.45) is 5.73 Å². The van der Waals surface area contributed by atoms with E-state index in [1.165, 1.54) is 9.69 Å². The van der Waals surface area contributed by atoms with Crippen molar-refractivity contribution in [1.82, 2.24) is 9.66 Å². The molecule has 0 radical (unpaired) electrons. The van der Waals surface area contributed by atoms with Crippen LogP contribution in [0.25, 0.3) is 10.9 Å². The third-order valence-corrected chi connectivity index (χ3v) is 4.61. The van der Waals surface area contributed by atoms with E-state index in [4.69, 9.17) is 10.8 Å². The summed E-state index contributed by atoms with van der Waals surface area (Å²) < 4.78 is 1.32. The summed E-state index contributed by atoms with van der Waals surface area (Å²) in [5.41, 5.74) is 5.74. The summed E-state index contributed by atoms with van der Waals surface area (Å²) in [5.74, 6) is -1.74. The Morgan fingerprint density at radius 2 is 2.00 bits per heavy atom. The van der Waals surface area contributed by atoms with Gasteiger partial charge in [0.05, 0.1) is 16.9 Å². The molecule has 1 aliphatic rings. The van der Waals surface area contributed by atoms with Gasteiger partial charge in [0.2, 0.25) is 0 Å². The van der Waals surface area contributed by atoms with E-state index in [0.29, 0.717) is 23.1 Å². The number of nitrogens with zero attached hydrogens (tertiary/aromatic N) is 3. The van der Waals surface area contributed by atoms with E-state index in [0.717, 1.165) is 0 Å². The molecule has 2 aromatic rings. The molecule has 2 unspecified atom stereocenters. The maximum atomic E-state index is 12.9. The highest BCUT2D eigenvalue weighted by molar-refractivity contribution is 5.83. The number of benzene rings is 1. The predicted molar refractivity (Wildman–Crippen MR) is 93.7 cm³/mol. The van der Waals surface area contributed by atoms with Gasteiger partial charge in [-0.25, -0.2) is 14.5 Å². The Morgan fingerprint density at radius 3 is 2.62 bits per heavy atom. The molecule has 3 atom stereocenters. The van der Waals surface area contributed by atoms with E-state index in [-0.39, 0.29) is 18.4 Å². The molecule has 138 valence electrons. The maximum Gasteiger partial charge on any atom is 0.330 e. The van der Waals surface area contributed by atoms with Crippen molar-refractivity contribution in [3.05, 3.63) is 40.4 Å². The molecule has 3 rings (SSSR count). The molecular weight excluding hydrogens is 340 g/mol. The molecule has 1 aromatic carbocycles. The Hall–Kier alpha value is -2.94. The molecule has 2 heterocycles. The van der Waals surface area contributed by atoms with Crippen molar-refractivity contribution in [2.75, 3.05) is 5.01 Å². The summed E-state index contributed by atoms with van der Waals surface area (Å²) in [6.07, 6.45) is 0.828. The molecule has 0 saturated carbocycles. The van der Waals surface area contributed by atoms with Crippen LogP contribution in [0.15, 0.2) is 29.1 Å². The predicted octanol–water partition coefficient (Wildman–Crippen LogP) is -0.0756. The summed E-state index contributed by atoms with van der Waals surface area (Å²) in [5, 5.41) is 20.2. The molecule has 1 fully saturated rings. The second-order valence-electron chi connectivity index (χ2n) is 6.27. The first-order valence-corrected chi connectivity index (χ1v) is 8.37. The number of para-hydroxylation sites is 1. The molecule has 4 N–H and O–H groups in total. The number of carboxylic acid groups (broad SMARTS) is 2. The summed E-state index contributed by atoms with van der Waals surface area (Å²) in [6.45, 7) is 1.83. The molecular formula is C17H20N4O5. The highest BCUT2D eigenvalue weighted by Crippen LogP contribution is 2.31. The van der Waals surface area contributed by atoms with E-state index in [1.807, 2.05) is 6.92 Å². The minimum atomic E-state index is -1.14. The lowest BCUT2D eigenvalue weighted by Crippen LogP contribution is -2.36. The van der Waals surface area contributed by atoms with Gasteiger partial charge in [0, 0.05) is 6.42 Å². The number of carbonyl (C=O) groups is 2. The van der Waals surface area contributed by atoms with Crippen molar-refractivity contribution >= 4 is 22.8 Å².